The SMILES string of the molecule is COc1ccc([N+](=O)[O-])cc1N(CC(=O)NCc1ccccc1Cl)S(C)(=O)=O. The van der Waals surface area contributed by atoms with Gasteiger partial charge in [-0.3, -0.25) is 19.2 Å². The van der Waals surface area contributed by atoms with Crippen molar-refractivity contribution in [1.82, 2.24) is 5.32 Å². The summed E-state index contributed by atoms with van der Waals surface area (Å²) in [4.78, 5) is 22.7. The van der Waals surface area contributed by atoms with E-state index in [-0.39, 0.29) is 23.7 Å². The standard InChI is InChI=1S/C17H18ClN3O6S/c1-27-16-8-7-13(21(23)24)9-15(16)20(28(2,25)26)11-17(22)19-10-12-5-3-4-6-14(12)18/h3-9H,10-11H2,1-2H3,(H,19,22). The van der Waals surface area contributed by atoms with Gasteiger partial charge in [-0.05, 0) is 17.7 Å². The van der Waals surface area contributed by atoms with Gasteiger partial charge in [0.15, 0.2) is 0 Å². The van der Waals surface area contributed by atoms with Crippen molar-refractivity contribution in [2.75, 3.05) is 24.2 Å². The first-order chi connectivity index (χ1) is 13.1. The Morgan fingerprint density at radius 2 is 1.96 bits per heavy atom. The quantitative estimate of drug-likeness (QED) is 0.510. The van der Waals surface area contributed by atoms with E-state index in [1.807, 2.05) is 0 Å². The number of carbonyl (C=O) groups excluding carboxylic acids is 1. The molecule has 2 aromatic rings. The summed E-state index contributed by atoms with van der Waals surface area (Å²) in [7, 11) is -2.64. The summed E-state index contributed by atoms with van der Waals surface area (Å²) in [6.45, 7) is -0.483. The molecule has 150 valence electrons. The number of carbonyl (C=O) groups is 1. The normalized spacial score (nSPS) is 11.0. The molecule has 1 amide bonds. The van der Waals surface area contributed by atoms with Crippen LogP contribution in [0.15, 0.2) is 42.5 Å². The molecule has 0 aromatic heterocycles. The summed E-state index contributed by atoms with van der Waals surface area (Å²) in [5, 5.41) is 14.1. The molecule has 1 N–H and O–H groups in total. The molecule has 11 heteroatoms. The third-order valence-corrected chi connectivity index (χ3v) is 5.26. The van der Waals surface area contributed by atoms with E-state index in [0.29, 0.717) is 10.6 Å². The zero-order chi connectivity index (χ0) is 20.9. The summed E-state index contributed by atoms with van der Waals surface area (Å²) in [5.41, 5.74) is 0.226. The lowest BCUT2D eigenvalue weighted by Gasteiger charge is -2.23. The number of methoxy groups -OCH3 is 1. The molecule has 9 nitrogen and oxygen atoms in total. The van der Waals surface area contributed by atoms with Crippen molar-refractivity contribution < 1.29 is 22.9 Å². The average molecular weight is 428 g/mol. The molecule has 0 atom stereocenters. The Hall–Kier alpha value is -2.85. The van der Waals surface area contributed by atoms with Crippen LogP contribution < -0.4 is 14.4 Å². The topological polar surface area (TPSA) is 119 Å². The summed E-state index contributed by atoms with van der Waals surface area (Å²) in [6, 6.07) is 10.4. The van der Waals surface area contributed by atoms with E-state index in [9.17, 15) is 23.3 Å². The highest BCUT2D eigenvalue weighted by molar-refractivity contribution is 7.92. The number of sulfonamides is 1. The lowest BCUT2D eigenvalue weighted by Crippen LogP contribution is -2.40. The molecule has 0 spiro atoms. The monoisotopic (exact) mass is 427 g/mol. The highest BCUT2D eigenvalue weighted by atomic mass is 35.5. The fraction of sp³-hybridized carbons (Fsp3) is 0.235. The van der Waals surface area contributed by atoms with Gasteiger partial charge in [-0.1, -0.05) is 29.8 Å². The molecule has 0 radical (unpaired) electrons. The molecule has 0 fully saturated rings. The van der Waals surface area contributed by atoms with E-state index in [0.717, 1.165) is 16.6 Å². The Balaban J connectivity index is 2.28. The van der Waals surface area contributed by atoms with Crippen molar-refractivity contribution in [1.29, 1.82) is 0 Å². The van der Waals surface area contributed by atoms with Gasteiger partial charge in [-0.2, -0.15) is 0 Å². The third kappa shape index (κ3) is 5.33. The van der Waals surface area contributed by atoms with Crippen molar-refractivity contribution in [3.8, 4) is 5.75 Å². The van der Waals surface area contributed by atoms with Crippen LogP contribution in [0.4, 0.5) is 11.4 Å². The van der Waals surface area contributed by atoms with Gasteiger partial charge < -0.3 is 10.1 Å². The average Bonchev–Trinajstić information content (AvgIpc) is 2.64. The van der Waals surface area contributed by atoms with E-state index < -0.39 is 27.4 Å². The first kappa shape index (κ1) is 21.5. The maximum atomic E-state index is 12.3. The largest absolute Gasteiger partial charge is 0.495 e. The predicted molar refractivity (Wildman–Crippen MR) is 105 cm³/mol. The van der Waals surface area contributed by atoms with Crippen LogP contribution >= 0.6 is 11.6 Å². The molecule has 2 rings (SSSR count). The van der Waals surface area contributed by atoms with Gasteiger partial charge in [-0.15, -0.1) is 0 Å². The first-order valence-corrected chi connectivity index (χ1v) is 10.2. The number of nitro benzene ring substituents is 1. The molecule has 0 heterocycles. The van der Waals surface area contributed by atoms with Gasteiger partial charge in [0.1, 0.15) is 18.0 Å². The van der Waals surface area contributed by atoms with Gasteiger partial charge in [-0.25, -0.2) is 8.42 Å². The molecule has 2 aromatic carbocycles. The molecule has 0 saturated heterocycles. The third-order valence-electron chi connectivity index (χ3n) is 3.76. The minimum Gasteiger partial charge on any atom is -0.495 e. The number of non-ortho nitro benzene ring substituents is 1. The number of hydrogen-bond acceptors (Lipinski definition) is 6. The molecule has 0 aliphatic heterocycles. The Kier molecular flexibility index (Phi) is 6.81. The number of rotatable bonds is 8. The lowest BCUT2D eigenvalue weighted by atomic mass is 10.2. The fourth-order valence-electron chi connectivity index (χ4n) is 2.39. The maximum Gasteiger partial charge on any atom is 0.271 e. The minimum absolute atomic E-state index is 0.0786. The molecule has 28 heavy (non-hydrogen) atoms. The molecular formula is C17H18ClN3O6S. The number of benzene rings is 2. The highest BCUT2D eigenvalue weighted by Gasteiger charge is 2.26. The van der Waals surface area contributed by atoms with Gasteiger partial charge in [0.05, 0.1) is 18.3 Å². The van der Waals surface area contributed by atoms with Crippen LogP contribution in [0.5, 0.6) is 5.75 Å². The van der Waals surface area contributed by atoms with Crippen molar-refractivity contribution in [3.63, 3.8) is 0 Å². The van der Waals surface area contributed by atoms with E-state index in [1.54, 1.807) is 24.3 Å². The number of halogens is 1. The molecule has 0 aliphatic rings. The number of nitrogens with zero attached hydrogens (tertiary/aromatic N) is 2. The van der Waals surface area contributed by atoms with Crippen LogP contribution in [0.1, 0.15) is 5.56 Å². The highest BCUT2D eigenvalue weighted by Crippen LogP contribution is 2.33. The van der Waals surface area contributed by atoms with Crippen molar-refractivity contribution >= 4 is 38.9 Å². The summed E-state index contributed by atoms with van der Waals surface area (Å²) in [5.74, 6) is -0.533. The number of nitro groups is 1. The summed E-state index contributed by atoms with van der Waals surface area (Å²) in [6.07, 6.45) is 0.895. The number of anilines is 1. The Labute approximate surface area is 167 Å². The lowest BCUT2D eigenvalue weighted by molar-refractivity contribution is -0.384. The molecule has 0 saturated carbocycles. The second-order valence-electron chi connectivity index (χ2n) is 5.75. The molecule has 0 aliphatic carbocycles. The number of ether oxygens (including phenoxy) is 1. The van der Waals surface area contributed by atoms with Crippen LogP contribution in [-0.2, 0) is 21.4 Å². The van der Waals surface area contributed by atoms with E-state index >= 15 is 0 Å². The predicted octanol–water partition coefficient (Wildman–Crippen LogP) is 2.34. The van der Waals surface area contributed by atoms with Crippen LogP contribution in [-0.4, -0.2) is 39.2 Å². The fourth-order valence-corrected chi connectivity index (χ4v) is 3.44. The van der Waals surface area contributed by atoms with Crippen molar-refractivity contribution in [2.24, 2.45) is 0 Å². The maximum absolute atomic E-state index is 12.3. The van der Waals surface area contributed by atoms with Crippen molar-refractivity contribution in [2.45, 2.75) is 6.54 Å². The molecule has 0 bridgehead atoms. The molecule has 0 unspecified atom stereocenters. The van der Waals surface area contributed by atoms with Crippen LogP contribution in [0, 0.1) is 10.1 Å². The first-order valence-electron chi connectivity index (χ1n) is 7.93. The van der Waals surface area contributed by atoms with Crippen LogP contribution in [0.25, 0.3) is 0 Å². The van der Waals surface area contributed by atoms with Crippen LogP contribution in [0.2, 0.25) is 5.02 Å². The van der Waals surface area contributed by atoms with Gasteiger partial charge in [0.2, 0.25) is 15.9 Å². The Morgan fingerprint density at radius 1 is 1.29 bits per heavy atom. The second-order valence-corrected chi connectivity index (χ2v) is 8.07. The van der Waals surface area contributed by atoms with Gasteiger partial charge in [0, 0.05) is 23.7 Å². The Bertz CT molecular complexity index is 996. The zero-order valence-corrected chi connectivity index (χ0v) is 16.7. The number of amides is 1. The van der Waals surface area contributed by atoms with Crippen LogP contribution in [0.3, 0.4) is 0 Å². The zero-order valence-electron chi connectivity index (χ0n) is 15.1. The van der Waals surface area contributed by atoms with Gasteiger partial charge in [0.25, 0.3) is 5.69 Å². The summed E-state index contributed by atoms with van der Waals surface area (Å²) < 4.78 is 30.3. The minimum atomic E-state index is -3.94. The molecular weight excluding hydrogens is 410 g/mol. The van der Waals surface area contributed by atoms with Crippen molar-refractivity contribution in [3.05, 3.63) is 63.2 Å². The van der Waals surface area contributed by atoms with E-state index in [4.69, 9.17) is 16.3 Å². The summed E-state index contributed by atoms with van der Waals surface area (Å²) >= 11 is 6.03. The Morgan fingerprint density at radius 3 is 2.54 bits per heavy atom. The van der Waals surface area contributed by atoms with Gasteiger partial charge >= 0.3 is 0 Å². The van der Waals surface area contributed by atoms with E-state index in [1.165, 1.54) is 19.2 Å². The second kappa shape index (κ2) is 8.89. The number of hydrogen-bond donors (Lipinski definition) is 1. The number of nitrogens with one attached hydrogen (secondary N) is 1. The smallest absolute Gasteiger partial charge is 0.271 e. The van der Waals surface area contributed by atoms with E-state index in [2.05, 4.69) is 5.32 Å².